The van der Waals surface area contributed by atoms with E-state index >= 15 is 0 Å². The molecule has 2 aromatic rings. The van der Waals surface area contributed by atoms with Gasteiger partial charge in [-0.25, -0.2) is 4.98 Å². The van der Waals surface area contributed by atoms with Gasteiger partial charge in [0.05, 0.1) is 12.3 Å². The summed E-state index contributed by atoms with van der Waals surface area (Å²) in [5.41, 5.74) is 0.800. The Morgan fingerprint density at radius 2 is 2.06 bits per heavy atom. The molecule has 2 rings (SSSR count). The molecule has 0 unspecified atom stereocenters. The molecule has 2 heterocycles. The van der Waals surface area contributed by atoms with Gasteiger partial charge in [-0.1, -0.05) is 32.4 Å². The highest BCUT2D eigenvalue weighted by Crippen LogP contribution is 2.24. The SMILES string of the molecule is CCOc1nc2nc(C(C)(C)C)cc(Cl)n2n1. The predicted octanol–water partition coefficient (Wildman–Crippen LogP) is 2.47. The second-order valence-electron chi connectivity index (χ2n) is 4.75. The lowest BCUT2D eigenvalue weighted by atomic mass is 9.92. The molecule has 0 saturated heterocycles. The third-order valence-corrected chi connectivity index (χ3v) is 2.56. The number of rotatable bonds is 2. The van der Waals surface area contributed by atoms with Crippen molar-refractivity contribution < 1.29 is 4.74 Å². The van der Waals surface area contributed by atoms with E-state index in [0.29, 0.717) is 23.5 Å². The van der Waals surface area contributed by atoms with Gasteiger partial charge < -0.3 is 4.74 Å². The maximum atomic E-state index is 6.15. The van der Waals surface area contributed by atoms with Crippen molar-refractivity contribution in [2.24, 2.45) is 0 Å². The lowest BCUT2D eigenvalue weighted by Crippen LogP contribution is -2.14. The van der Waals surface area contributed by atoms with Gasteiger partial charge in [0.1, 0.15) is 5.15 Å². The van der Waals surface area contributed by atoms with Crippen LogP contribution in [0.25, 0.3) is 5.78 Å². The molecule has 0 saturated carbocycles. The zero-order valence-electron chi connectivity index (χ0n) is 10.4. The average molecular weight is 255 g/mol. The fourth-order valence-electron chi connectivity index (χ4n) is 1.39. The molecule has 0 spiro atoms. The highest BCUT2D eigenvalue weighted by Gasteiger charge is 2.19. The third kappa shape index (κ3) is 2.34. The van der Waals surface area contributed by atoms with Crippen LogP contribution in [0.4, 0.5) is 0 Å². The third-order valence-electron chi connectivity index (χ3n) is 2.29. The molecule has 0 aromatic carbocycles. The Bertz CT molecular complexity index is 544. The van der Waals surface area contributed by atoms with Gasteiger partial charge in [0.25, 0.3) is 5.78 Å². The van der Waals surface area contributed by atoms with Gasteiger partial charge >= 0.3 is 6.01 Å². The molecule has 0 atom stereocenters. The van der Waals surface area contributed by atoms with Crippen LogP contribution in [0, 0.1) is 0 Å². The number of aromatic nitrogens is 4. The summed E-state index contributed by atoms with van der Waals surface area (Å²) in [5.74, 6) is 0.464. The molecule has 0 aliphatic carbocycles. The smallest absolute Gasteiger partial charge is 0.337 e. The topological polar surface area (TPSA) is 52.3 Å². The molecule has 0 amide bonds. The number of halogens is 1. The van der Waals surface area contributed by atoms with Crippen LogP contribution in [0.3, 0.4) is 0 Å². The van der Waals surface area contributed by atoms with Crippen LogP contribution in [0.5, 0.6) is 6.01 Å². The van der Waals surface area contributed by atoms with Crippen LogP contribution in [0.2, 0.25) is 5.15 Å². The van der Waals surface area contributed by atoms with Crippen LogP contribution in [0.1, 0.15) is 33.4 Å². The van der Waals surface area contributed by atoms with E-state index in [1.54, 1.807) is 6.07 Å². The first-order chi connectivity index (χ1) is 7.91. The number of hydrogen-bond acceptors (Lipinski definition) is 4. The number of fused-ring (bicyclic) bond motifs is 1. The van der Waals surface area contributed by atoms with Gasteiger partial charge in [0.2, 0.25) is 0 Å². The van der Waals surface area contributed by atoms with Crippen molar-refractivity contribution in [3.05, 3.63) is 16.9 Å². The zero-order valence-corrected chi connectivity index (χ0v) is 11.1. The largest absolute Gasteiger partial charge is 0.463 e. The summed E-state index contributed by atoms with van der Waals surface area (Å²) in [6, 6.07) is 2.10. The highest BCUT2D eigenvalue weighted by atomic mass is 35.5. The Hall–Kier alpha value is -1.36. The summed E-state index contributed by atoms with van der Waals surface area (Å²) in [6.07, 6.45) is 0. The maximum absolute atomic E-state index is 6.15. The van der Waals surface area contributed by atoms with Gasteiger partial charge in [-0.2, -0.15) is 9.50 Å². The molecule has 0 bridgehead atoms. The first-order valence-electron chi connectivity index (χ1n) is 5.48. The van der Waals surface area contributed by atoms with Crippen molar-refractivity contribution in [3.63, 3.8) is 0 Å². The van der Waals surface area contributed by atoms with Gasteiger partial charge in [-0.3, -0.25) is 0 Å². The van der Waals surface area contributed by atoms with E-state index in [0.717, 1.165) is 5.69 Å². The Labute approximate surface area is 105 Å². The minimum Gasteiger partial charge on any atom is -0.463 e. The zero-order chi connectivity index (χ0) is 12.6. The summed E-state index contributed by atoms with van der Waals surface area (Å²) in [4.78, 5) is 8.61. The summed E-state index contributed by atoms with van der Waals surface area (Å²) < 4.78 is 6.70. The van der Waals surface area contributed by atoms with E-state index < -0.39 is 0 Å². The van der Waals surface area contributed by atoms with Crippen molar-refractivity contribution >= 4 is 17.4 Å². The van der Waals surface area contributed by atoms with Crippen LogP contribution < -0.4 is 4.74 Å². The number of ether oxygens (including phenoxy) is 1. The molecule has 5 nitrogen and oxygen atoms in total. The minimum atomic E-state index is -0.0802. The summed E-state index contributed by atoms with van der Waals surface area (Å²) in [6.45, 7) is 8.61. The van der Waals surface area contributed by atoms with Crippen LogP contribution in [0.15, 0.2) is 6.07 Å². The lowest BCUT2D eigenvalue weighted by Gasteiger charge is -2.17. The molecule has 0 aliphatic heterocycles. The van der Waals surface area contributed by atoms with Gasteiger partial charge in [0.15, 0.2) is 0 Å². The summed E-state index contributed by atoms with van der Waals surface area (Å²) in [5, 5.41) is 4.60. The summed E-state index contributed by atoms with van der Waals surface area (Å²) in [7, 11) is 0. The van der Waals surface area contributed by atoms with Crippen molar-refractivity contribution in [3.8, 4) is 6.01 Å². The second kappa shape index (κ2) is 4.14. The Morgan fingerprint density at radius 1 is 1.35 bits per heavy atom. The van der Waals surface area contributed by atoms with E-state index in [1.165, 1.54) is 4.52 Å². The van der Waals surface area contributed by atoms with Crippen molar-refractivity contribution in [1.82, 2.24) is 19.6 Å². The van der Waals surface area contributed by atoms with Crippen LogP contribution in [-0.4, -0.2) is 26.2 Å². The van der Waals surface area contributed by atoms with Gasteiger partial charge in [-0.15, -0.1) is 5.10 Å². The van der Waals surface area contributed by atoms with E-state index in [1.807, 2.05) is 6.92 Å². The first-order valence-corrected chi connectivity index (χ1v) is 5.86. The van der Waals surface area contributed by atoms with Crippen LogP contribution >= 0.6 is 11.6 Å². The normalized spacial score (nSPS) is 12.1. The fraction of sp³-hybridized carbons (Fsp3) is 0.545. The molecule has 92 valence electrons. The standard InChI is InChI=1S/C11H15ClN4O/c1-5-17-10-14-9-13-7(11(2,3)4)6-8(12)16(9)15-10/h6H,5H2,1-4H3. The maximum Gasteiger partial charge on any atom is 0.337 e. The molecule has 6 heteroatoms. The molecule has 17 heavy (non-hydrogen) atoms. The number of hydrogen-bond donors (Lipinski definition) is 0. The Morgan fingerprint density at radius 3 is 2.65 bits per heavy atom. The van der Waals surface area contributed by atoms with Crippen molar-refractivity contribution in [2.75, 3.05) is 6.61 Å². The Kier molecular flexibility index (Phi) is 2.95. The van der Waals surface area contributed by atoms with E-state index in [4.69, 9.17) is 16.3 Å². The molecule has 0 aliphatic rings. The van der Waals surface area contributed by atoms with Crippen LogP contribution in [-0.2, 0) is 5.41 Å². The Balaban J connectivity index is 2.57. The minimum absolute atomic E-state index is 0.0802. The fourth-order valence-corrected chi connectivity index (χ4v) is 1.61. The monoisotopic (exact) mass is 254 g/mol. The van der Waals surface area contributed by atoms with Gasteiger partial charge in [-0.05, 0) is 13.0 Å². The first kappa shape index (κ1) is 12.1. The highest BCUT2D eigenvalue weighted by molar-refractivity contribution is 6.29. The van der Waals surface area contributed by atoms with Crippen molar-refractivity contribution in [1.29, 1.82) is 0 Å². The number of nitrogens with zero attached hydrogens (tertiary/aromatic N) is 4. The molecular weight excluding hydrogens is 240 g/mol. The second-order valence-corrected chi connectivity index (χ2v) is 5.14. The molecule has 2 aromatic heterocycles. The molecular formula is C11H15ClN4O. The van der Waals surface area contributed by atoms with Crippen molar-refractivity contribution in [2.45, 2.75) is 33.1 Å². The van der Waals surface area contributed by atoms with E-state index in [9.17, 15) is 0 Å². The lowest BCUT2D eigenvalue weighted by molar-refractivity contribution is 0.313. The average Bonchev–Trinajstić information content (AvgIpc) is 2.60. The quantitative estimate of drug-likeness (QED) is 0.773. The predicted molar refractivity (Wildman–Crippen MR) is 65.7 cm³/mol. The summed E-state index contributed by atoms with van der Waals surface area (Å²) >= 11 is 6.15. The molecule has 0 fully saturated rings. The molecule has 0 N–H and O–H groups in total. The van der Waals surface area contributed by atoms with Gasteiger partial charge in [0, 0.05) is 5.41 Å². The molecule has 0 radical (unpaired) electrons. The van der Waals surface area contributed by atoms with E-state index in [-0.39, 0.29) is 5.41 Å². The van der Waals surface area contributed by atoms with E-state index in [2.05, 4.69) is 35.8 Å².